The smallest absolute Gasteiger partial charge is 0.236 e. The van der Waals surface area contributed by atoms with Gasteiger partial charge in [0.15, 0.2) is 5.13 Å². The lowest BCUT2D eigenvalue weighted by Crippen LogP contribution is -2.13. The fourth-order valence-electron chi connectivity index (χ4n) is 1.98. The van der Waals surface area contributed by atoms with Crippen molar-refractivity contribution in [1.29, 1.82) is 0 Å². The van der Waals surface area contributed by atoms with Gasteiger partial charge in [-0.05, 0) is 19.1 Å². The summed E-state index contributed by atoms with van der Waals surface area (Å²) in [6.07, 6.45) is 1.64. The molecular formula is C17H16N2O2S2. The summed E-state index contributed by atoms with van der Waals surface area (Å²) >= 11 is 2.95. The van der Waals surface area contributed by atoms with Gasteiger partial charge in [0.05, 0.1) is 23.5 Å². The molecule has 0 fully saturated rings. The highest BCUT2D eigenvalue weighted by molar-refractivity contribution is 7.99. The molecular weight excluding hydrogens is 328 g/mol. The number of furan rings is 1. The second kappa shape index (κ2) is 7.48. The summed E-state index contributed by atoms with van der Waals surface area (Å²) in [6, 6.07) is 11.9. The van der Waals surface area contributed by atoms with Gasteiger partial charge in [-0.1, -0.05) is 29.8 Å². The molecule has 0 aliphatic carbocycles. The molecule has 2 aromatic heterocycles. The summed E-state index contributed by atoms with van der Waals surface area (Å²) in [5.41, 5.74) is 3.15. The Balaban J connectivity index is 1.52. The van der Waals surface area contributed by atoms with Crippen LogP contribution in [-0.2, 0) is 10.5 Å². The maximum absolute atomic E-state index is 11.9. The number of anilines is 1. The summed E-state index contributed by atoms with van der Waals surface area (Å²) in [7, 11) is 0. The molecule has 0 saturated carbocycles. The van der Waals surface area contributed by atoms with E-state index in [2.05, 4.69) is 29.4 Å². The Labute approximate surface area is 142 Å². The first kappa shape index (κ1) is 15.8. The van der Waals surface area contributed by atoms with Crippen molar-refractivity contribution in [2.75, 3.05) is 11.1 Å². The van der Waals surface area contributed by atoms with Gasteiger partial charge in [0, 0.05) is 10.9 Å². The molecule has 0 spiro atoms. The van der Waals surface area contributed by atoms with Crippen LogP contribution in [0.5, 0.6) is 0 Å². The third-order valence-corrected chi connectivity index (χ3v) is 4.87. The molecule has 1 aromatic carbocycles. The minimum Gasteiger partial charge on any atom is -0.468 e. The number of nitrogens with one attached hydrogen (secondary N) is 1. The van der Waals surface area contributed by atoms with E-state index in [0.717, 1.165) is 17.0 Å². The van der Waals surface area contributed by atoms with Gasteiger partial charge in [0.2, 0.25) is 5.91 Å². The van der Waals surface area contributed by atoms with Crippen LogP contribution in [0.3, 0.4) is 0 Å². The topological polar surface area (TPSA) is 55.1 Å². The molecule has 0 unspecified atom stereocenters. The van der Waals surface area contributed by atoms with Crippen LogP contribution in [0.2, 0.25) is 0 Å². The fourth-order valence-corrected chi connectivity index (χ4v) is 3.44. The fraction of sp³-hybridized carbons (Fsp3) is 0.176. The predicted octanol–water partition coefficient (Wildman–Crippen LogP) is 4.58. The standard InChI is InChI=1S/C17H16N2O2S2/c1-12-4-6-13(7-5-12)15-10-23-17(18-15)19-16(20)11-22-9-14-3-2-8-21-14/h2-8,10H,9,11H2,1H3,(H,18,19,20). The number of hydrogen-bond acceptors (Lipinski definition) is 5. The van der Waals surface area contributed by atoms with Crippen LogP contribution >= 0.6 is 23.1 Å². The molecule has 0 radical (unpaired) electrons. The summed E-state index contributed by atoms with van der Waals surface area (Å²) in [4.78, 5) is 16.4. The zero-order chi connectivity index (χ0) is 16.1. The molecule has 0 aliphatic rings. The number of hydrogen-bond donors (Lipinski definition) is 1. The second-order valence-electron chi connectivity index (χ2n) is 5.02. The average Bonchev–Trinajstić information content (AvgIpc) is 3.20. The first-order valence-electron chi connectivity index (χ1n) is 7.13. The normalized spacial score (nSPS) is 10.7. The summed E-state index contributed by atoms with van der Waals surface area (Å²) < 4.78 is 5.23. The van der Waals surface area contributed by atoms with E-state index in [1.807, 2.05) is 29.6 Å². The van der Waals surface area contributed by atoms with Crippen LogP contribution in [0, 0.1) is 6.92 Å². The highest BCUT2D eigenvalue weighted by atomic mass is 32.2. The predicted molar refractivity (Wildman–Crippen MR) is 95.8 cm³/mol. The van der Waals surface area contributed by atoms with Crippen LogP contribution in [0.15, 0.2) is 52.5 Å². The van der Waals surface area contributed by atoms with E-state index >= 15 is 0 Å². The quantitative estimate of drug-likeness (QED) is 0.711. The van der Waals surface area contributed by atoms with Crippen LogP contribution in [0.4, 0.5) is 5.13 Å². The van der Waals surface area contributed by atoms with Crippen molar-refractivity contribution < 1.29 is 9.21 Å². The molecule has 0 bridgehead atoms. The zero-order valence-corrected chi connectivity index (χ0v) is 14.2. The van der Waals surface area contributed by atoms with Crippen LogP contribution < -0.4 is 5.32 Å². The summed E-state index contributed by atoms with van der Waals surface area (Å²) in [5, 5.41) is 5.42. The average molecular weight is 344 g/mol. The van der Waals surface area contributed by atoms with Gasteiger partial charge in [-0.2, -0.15) is 0 Å². The second-order valence-corrected chi connectivity index (χ2v) is 6.87. The lowest BCUT2D eigenvalue weighted by atomic mass is 10.1. The van der Waals surface area contributed by atoms with Crippen molar-refractivity contribution in [3.8, 4) is 11.3 Å². The SMILES string of the molecule is Cc1ccc(-c2csc(NC(=O)CSCc3ccco3)n2)cc1. The lowest BCUT2D eigenvalue weighted by Gasteiger charge is -2.01. The molecule has 118 valence electrons. The number of thioether (sulfide) groups is 1. The largest absolute Gasteiger partial charge is 0.468 e. The highest BCUT2D eigenvalue weighted by Crippen LogP contribution is 2.25. The molecule has 23 heavy (non-hydrogen) atoms. The van der Waals surface area contributed by atoms with Gasteiger partial charge in [0.25, 0.3) is 0 Å². The van der Waals surface area contributed by atoms with Gasteiger partial charge >= 0.3 is 0 Å². The van der Waals surface area contributed by atoms with Gasteiger partial charge in [0.1, 0.15) is 5.76 Å². The molecule has 6 heteroatoms. The number of nitrogens with zero attached hydrogens (tertiary/aromatic N) is 1. The van der Waals surface area contributed by atoms with Crippen molar-refractivity contribution in [2.24, 2.45) is 0 Å². The highest BCUT2D eigenvalue weighted by Gasteiger charge is 2.08. The number of carbonyl (C=O) groups is 1. The van der Waals surface area contributed by atoms with Crippen molar-refractivity contribution in [2.45, 2.75) is 12.7 Å². The first-order chi connectivity index (χ1) is 11.2. The molecule has 0 saturated heterocycles. The zero-order valence-electron chi connectivity index (χ0n) is 12.6. The number of rotatable bonds is 6. The number of aryl methyl sites for hydroxylation is 1. The van der Waals surface area contributed by atoms with E-state index in [9.17, 15) is 4.79 Å². The molecule has 1 amide bonds. The molecule has 3 aromatic rings. The first-order valence-corrected chi connectivity index (χ1v) is 9.17. The number of amides is 1. The minimum absolute atomic E-state index is 0.0497. The van der Waals surface area contributed by atoms with Crippen molar-refractivity contribution >= 4 is 34.1 Å². The van der Waals surface area contributed by atoms with Crippen LogP contribution in [0.25, 0.3) is 11.3 Å². The number of benzene rings is 1. The molecule has 0 aliphatic heterocycles. The Morgan fingerprint density at radius 2 is 2.13 bits per heavy atom. The Kier molecular flexibility index (Phi) is 5.15. The molecule has 4 nitrogen and oxygen atoms in total. The number of carbonyl (C=O) groups excluding carboxylic acids is 1. The molecule has 3 rings (SSSR count). The van der Waals surface area contributed by atoms with E-state index in [0.29, 0.717) is 16.6 Å². The summed E-state index contributed by atoms with van der Waals surface area (Å²) in [6.45, 7) is 2.05. The third-order valence-electron chi connectivity index (χ3n) is 3.16. The Bertz CT molecular complexity index is 764. The van der Waals surface area contributed by atoms with Gasteiger partial charge in [-0.25, -0.2) is 4.98 Å². The Morgan fingerprint density at radius 3 is 2.87 bits per heavy atom. The monoisotopic (exact) mass is 344 g/mol. The van der Waals surface area contributed by atoms with Crippen molar-refractivity contribution in [1.82, 2.24) is 4.98 Å². The van der Waals surface area contributed by atoms with Crippen LogP contribution in [0.1, 0.15) is 11.3 Å². The molecule has 2 heterocycles. The number of thiazole rings is 1. The maximum Gasteiger partial charge on any atom is 0.236 e. The van der Waals surface area contributed by atoms with Gasteiger partial charge in [-0.3, -0.25) is 4.79 Å². The van der Waals surface area contributed by atoms with E-state index in [-0.39, 0.29) is 5.91 Å². The molecule has 0 atom stereocenters. The van der Waals surface area contributed by atoms with E-state index in [1.165, 1.54) is 28.7 Å². The van der Waals surface area contributed by atoms with Crippen LogP contribution in [-0.4, -0.2) is 16.6 Å². The van der Waals surface area contributed by atoms with E-state index in [4.69, 9.17) is 4.42 Å². The Morgan fingerprint density at radius 1 is 1.30 bits per heavy atom. The third kappa shape index (κ3) is 4.46. The maximum atomic E-state index is 11.9. The van der Waals surface area contributed by atoms with Gasteiger partial charge in [-0.15, -0.1) is 23.1 Å². The van der Waals surface area contributed by atoms with Crippen molar-refractivity contribution in [3.63, 3.8) is 0 Å². The Hall–Kier alpha value is -2.05. The lowest BCUT2D eigenvalue weighted by molar-refractivity contribution is -0.113. The van der Waals surface area contributed by atoms with E-state index < -0.39 is 0 Å². The van der Waals surface area contributed by atoms with E-state index in [1.54, 1.807) is 6.26 Å². The minimum atomic E-state index is -0.0497. The number of aromatic nitrogens is 1. The van der Waals surface area contributed by atoms with Gasteiger partial charge < -0.3 is 9.73 Å². The molecule has 1 N–H and O–H groups in total. The van der Waals surface area contributed by atoms with Crippen molar-refractivity contribution in [3.05, 3.63) is 59.4 Å². The summed E-state index contributed by atoms with van der Waals surface area (Å²) in [5.74, 6) is 1.89.